The Labute approximate surface area is 101 Å². The van der Waals surface area contributed by atoms with E-state index < -0.39 is 0 Å². The molecule has 2 rings (SSSR count). The zero-order valence-corrected chi connectivity index (χ0v) is 10.8. The van der Waals surface area contributed by atoms with Gasteiger partial charge in [-0.2, -0.15) is 0 Å². The normalized spacial score (nSPS) is 10.7. The topological polar surface area (TPSA) is 12.9 Å². The van der Waals surface area contributed by atoms with Gasteiger partial charge in [0.2, 0.25) is 0 Å². The van der Waals surface area contributed by atoms with Crippen LogP contribution >= 0.6 is 32.9 Å². The van der Waals surface area contributed by atoms with Crippen LogP contribution in [0.25, 0.3) is 10.2 Å². The van der Waals surface area contributed by atoms with Gasteiger partial charge in [-0.3, -0.25) is 0 Å². The average Bonchev–Trinajstić information content (AvgIpc) is 2.63. The van der Waals surface area contributed by atoms with Crippen LogP contribution in [0.5, 0.6) is 0 Å². The number of para-hydroxylation sites is 1. The molecule has 15 heavy (non-hydrogen) atoms. The Morgan fingerprint density at radius 1 is 1.53 bits per heavy atom. The maximum Gasteiger partial charge on any atom is 0.161 e. The first-order chi connectivity index (χ1) is 7.31. The molecule has 0 aliphatic heterocycles. The lowest BCUT2D eigenvalue weighted by Crippen LogP contribution is -1.74. The molecule has 1 heterocycles. The summed E-state index contributed by atoms with van der Waals surface area (Å²) in [4.78, 5) is 4.61. The fraction of sp³-hybridized carbons (Fsp3) is 0.182. The van der Waals surface area contributed by atoms with Crippen molar-refractivity contribution >= 4 is 43.1 Å². The molecule has 1 nitrogen and oxygen atoms in total. The molecule has 0 atom stereocenters. The molecule has 2 aromatic rings. The monoisotopic (exact) mass is 253 g/mol. The van der Waals surface area contributed by atoms with E-state index in [9.17, 15) is 0 Å². The van der Waals surface area contributed by atoms with Gasteiger partial charge in [0.15, 0.2) is 4.34 Å². The minimum Gasteiger partial charge on any atom is -0.228 e. The zero-order valence-electron chi connectivity index (χ0n) is 8.40. The number of aromatic nitrogens is 1. The summed E-state index contributed by atoms with van der Waals surface area (Å²) in [5.74, 6) is 0.958. The predicted octanol–water partition coefficient (Wildman–Crippen LogP) is 4.53. The SMILES string of the molecule is C=CCSSc1nc2c(C)cccc2s1. The van der Waals surface area contributed by atoms with Gasteiger partial charge < -0.3 is 0 Å². The van der Waals surface area contributed by atoms with Gasteiger partial charge in [-0.25, -0.2) is 4.98 Å². The Morgan fingerprint density at radius 2 is 2.40 bits per heavy atom. The summed E-state index contributed by atoms with van der Waals surface area (Å²) in [6.45, 7) is 5.80. The van der Waals surface area contributed by atoms with E-state index in [2.05, 4.69) is 36.7 Å². The third-order valence-electron chi connectivity index (χ3n) is 1.92. The van der Waals surface area contributed by atoms with Crippen LogP contribution in [0.1, 0.15) is 5.56 Å². The van der Waals surface area contributed by atoms with E-state index in [1.165, 1.54) is 10.3 Å². The van der Waals surface area contributed by atoms with Gasteiger partial charge in [0.05, 0.1) is 10.2 Å². The molecular formula is C11H11NS3. The summed E-state index contributed by atoms with van der Waals surface area (Å²) in [6.07, 6.45) is 1.91. The summed E-state index contributed by atoms with van der Waals surface area (Å²) in [5, 5.41) is 0. The highest BCUT2D eigenvalue weighted by Crippen LogP contribution is 2.37. The molecule has 0 bridgehead atoms. The van der Waals surface area contributed by atoms with Crippen LogP contribution in [0.15, 0.2) is 35.2 Å². The molecule has 0 N–H and O–H groups in total. The minimum atomic E-state index is 0.958. The quantitative estimate of drug-likeness (QED) is 0.451. The molecule has 4 heteroatoms. The van der Waals surface area contributed by atoms with Crippen molar-refractivity contribution in [1.29, 1.82) is 0 Å². The van der Waals surface area contributed by atoms with Gasteiger partial charge >= 0.3 is 0 Å². The zero-order chi connectivity index (χ0) is 10.7. The summed E-state index contributed by atoms with van der Waals surface area (Å²) < 4.78 is 2.41. The number of benzene rings is 1. The predicted molar refractivity (Wildman–Crippen MR) is 72.9 cm³/mol. The molecule has 0 saturated carbocycles. The van der Waals surface area contributed by atoms with Gasteiger partial charge in [-0.1, -0.05) is 29.0 Å². The second-order valence-electron chi connectivity index (χ2n) is 3.06. The maximum absolute atomic E-state index is 4.61. The molecule has 0 aliphatic rings. The van der Waals surface area contributed by atoms with E-state index in [0.717, 1.165) is 15.6 Å². The van der Waals surface area contributed by atoms with Crippen LogP contribution in [0.2, 0.25) is 0 Å². The van der Waals surface area contributed by atoms with Crippen molar-refractivity contribution in [3.63, 3.8) is 0 Å². The van der Waals surface area contributed by atoms with Gasteiger partial charge in [0.1, 0.15) is 0 Å². The van der Waals surface area contributed by atoms with E-state index in [1.54, 1.807) is 32.9 Å². The summed E-state index contributed by atoms with van der Waals surface area (Å²) >= 11 is 1.76. The number of thiazole rings is 1. The maximum atomic E-state index is 4.61. The van der Waals surface area contributed by atoms with Crippen LogP contribution in [0.3, 0.4) is 0 Å². The van der Waals surface area contributed by atoms with Gasteiger partial charge in [-0.15, -0.1) is 17.9 Å². The molecular weight excluding hydrogens is 242 g/mol. The van der Waals surface area contributed by atoms with E-state index in [1.807, 2.05) is 6.08 Å². The highest BCUT2D eigenvalue weighted by molar-refractivity contribution is 8.77. The fourth-order valence-corrected chi connectivity index (χ4v) is 4.45. The number of rotatable bonds is 4. The molecule has 0 fully saturated rings. The number of aryl methyl sites for hydroxylation is 1. The Balaban J connectivity index is 2.23. The molecule has 0 unspecified atom stereocenters. The van der Waals surface area contributed by atoms with Gasteiger partial charge in [0.25, 0.3) is 0 Å². The van der Waals surface area contributed by atoms with E-state index in [0.29, 0.717) is 0 Å². The van der Waals surface area contributed by atoms with Crippen molar-refractivity contribution in [3.05, 3.63) is 36.4 Å². The molecule has 0 saturated heterocycles. The summed E-state index contributed by atoms with van der Waals surface area (Å²) in [5.41, 5.74) is 2.40. The highest BCUT2D eigenvalue weighted by atomic mass is 33.1. The van der Waals surface area contributed by atoms with Crippen LogP contribution in [-0.2, 0) is 0 Å². The van der Waals surface area contributed by atoms with Crippen LogP contribution in [0, 0.1) is 6.92 Å². The second-order valence-corrected chi connectivity index (χ2v) is 6.68. The van der Waals surface area contributed by atoms with Crippen LogP contribution in [0.4, 0.5) is 0 Å². The standard InChI is InChI=1S/C11H11NS3/c1-3-7-13-15-11-12-10-8(2)5-4-6-9(10)14-11/h3-6H,1,7H2,2H3. The third-order valence-corrected chi connectivity index (χ3v) is 5.51. The second kappa shape index (κ2) is 5.05. The number of fused-ring (bicyclic) bond motifs is 1. The van der Waals surface area contributed by atoms with Crippen molar-refractivity contribution in [2.24, 2.45) is 0 Å². The molecule has 0 amide bonds. The molecule has 78 valence electrons. The highest BCUT2D eigenvalue weighted by Gasteiger charge is 2.05. The Morgan fingerprint density at radius 3 is 3.13 bits per heavy atom. The van der Waals surface area contributed by atoms with Gasteiger partial charge in [-0.05, 0) is 29.3 Å². The summed E-state index contributed by atoms with van der Waals surface area (Å²) in [7, 11) is 3.51. The van der Waals surface area contributed by atoms with E-state index in [-0.39, 0.29) is 0 Å². The first kappa shape index (κ1) is 11.0. The largest absolute Gasteiger partial charge is 0.228 e. The van der Waals surface area contributed by atoms with E-state index >= 15 is 0 Å². The third kappa shape index (κ3) is 2.56. The molecule has 1 aromatic heterocycles. The first-order valence-corrected chi connectivity index (χ1v) is 7.71. The lowest BCUT2D eigenvalue weighted by molar-refractivity contribution is 1.29. The lowest BCUT2D eigenvalue weighted by atomic mass is 10.2. The van der Waals surface area contributed by atoms with E-state index in [4.69, 9.17) is 0 Å². The van der Waals surface area contributed by atoms with Crippen molar-refractivity contribution in [3.8, 4) is 0 Å². The molecule has 1 aromatic carbocycles. The lowest BCUT2D eigenvalue weighted by Gasteiger charge is -1.91. The number of nitrogens with zero attached hydrogens (tertiary/aromatic N) is 1. The number of hydrogen-bond acceptors (Lipinski definition) is 4. The first-order valence-electron chi connectivity index (χ1n) is 4.58. The molecule has 0 aliphatic carbocycles. The van der Waals surface area contributed by atoms with Crippen LogP contribution in [-0.4, -0.2) is 10.7 Å². The van der Waals surface area contributed by atoms with Crippen molar-refractivity contribution in [1.82, 2.24) is 4.98 Å². The molecule has 0 radical (unpaired) electrons. The Bertz CT molecular complexity index is 476. The van der Waals surface area contributed by atoms with Crippen LogP contribution < -0.4 is 0 Å². The van der Waals surface area contributed by atoms with Gasteiger partial charge in [0, 0.05) is 5.75 Å². The Hall–Kier alpha value is -0.450. The van der Waals surface area contributed by atoms with Crippen molar-refractivity contribution < 1.29 is 0 Å². The molecule has 0 spiro atoms. The number of hydrogen-bond donors (Lipinski definition) is 0. The average molecular weight is 253 g/mol. The Kier molecular flexibility index (Phi) is 3.72. The fourth-order valence-electron chi connectivity index (χ4n) is 1.23. The van der Waals surface area contributed by atoms with Crippen molar-refractivity contribution in [2.75, 3.05) is 5.75 Å². The van der Waals surface area contributed by atoms with Crippen molar-refractivity contribution in [2.45, 2.75) is 11.3 Å². The minimum absolute atomic E-state index is 0.958. The summed E-state index contributed by atoms with van der Waals surface area (Å²) in [6, 6.07) is 6.32. The smallest absolute Gasteiger partial charge is 0.161 e.